The number of nitrogens with zero attached hydrogens (tertiary/aromatic N) is 2. The molecule has 0 unspecified atom stereocenters. The third kappa shape index (κ3) is 5.90. The van der Waals surface area contributed by atoms with Crippen molar-refractivity contribution in [1.29, 1.82) is 0 Å². The number of rotatable bonds is 13. The Hall–Kier alpha value is -2.33. The van der Waals surface area contributed by atoms with Crippen LogP contribution in [0.1, 0.15) is 93.2 Å². The molecule has 3 heteroatoms. The van der Waals surface area contributed by atoms with Crippen LogP contribution in [0.5, 0.6) is 0 Å². The fourth-order valence-corrected chi connectivity index (χ4v) is 6.59. The van der Waals surface area contributed by atoms with Gasteiger partial charge in [-0.05, 0) is 0 Å². The van der Waals surface area contributed by atoms with Gasteiger partial charge in [-0.15, -0.1) is 0 Å². The Morgan fingerprint density at radius 1 is 0.622 bits per heavy atom. The molecule has 3 aromatic carbocycles. The van der Waals surface area contributed by atoms with Crippen molar-refractivity contribution < 1.29 is 0 Å². The van der Waals surface area contributed by atoms with E-state index >= 15 is 0 Å². The Kier molecular flexibility index (Phi) is 10.1. The Labute approximate surface area is 237 Å². The van der Waals surface area contributed by atoms with Crippen LogP contribution >= 0.6 is 0 Å². The van der Waals surface area contributed by atoms with Crippen LogP contribution in [-0.4, -0.2) is 32.1 Å². The summed E-state index contributed by atoms with van der Waals surface area (Å²) >= 11 is 0.479. The maximum atomic E-state index is 5.47. The van der Waals surface area contributed by atoms with E-state index in [-0.39, 0.29) is 0 Å². The van der Waals surface area contributed by atoms with Gasteiger partial charge in [0.25, 0.3) is 0 Å². The molecule has 4 aromatic rings. The molecule has 0 saturated carbocycles. The first kappa shape index (κ1) is 27.7. The zero-order valence-corrected chi connectivity index (χ0v) is 29.0. The van der Waals surface area contributed by atoms with Crippen LogP contribution in [0.25, 0.3) is 0 Å². The van der Waals surface area contributed by atoms with Gasteiger partial charge < -0.3 is 0 Å². The second-order valence-electron chi connectivity index (χ2n) is 10.4. The predicted molar refractivity (Wildman–Crippen MR) is 162 cm³/mol. The van der Waals surface area contributed by atoms with E-state index in [1.54, 1.807) is 0 Å². The minimum absolute atomic E-state index is 0.463. The third-order valence-corrected chi connectivity index (χ3v) is 9.50. The van der Waals surface area contributed by atoms with Gasteiger partial charge >= 0.3 is 239 Å². The molecule has 0 spiro atoms. The summed E-state index contributed by atoms with van der Waals surface area (Å²) < 4.78 is 4.19. The Morgan fingerprint density at radius 3 is 1.65 bits per heavy atom. The van der Waals surface area contributed by atoms with Crippen LogP contribution in [0.15, 0.2) is 84.9 Å². The molecule has 0 amide bonds. The van der Waals surface area contributed by atoms with Crippen molar-refractivity contribution in [2.24, 2.45) is 0 Å². The topological polar surface area (TPSA) is 17.8 Å². The zero-order valence-electron chi connectivity index (χ0n) is 23.3. The van der Waals surface area contributed by atoms with Crippen molar-refractivity contribution in [2.45, 2.75) is 84.1 Å². The van der Waals surface area contributed by atoms with Crippen molar-refractivity contribution in [3.8, 4) is 0 Å². The minimum atomic E-state index is -0.463. The van der Waals surface area contributed by atoms with E-state index in [0.29, 0.717) is 22.5 Å². The molecule has 0 aliphatic carbocycles. The second kappa shape index (κ2) is 13.5. The molecule has 0 atom stereocenters. The van der Waals surface area contributed by atoms with Crippen molar-refractivity contribution in [2.75, 3.05) is 0 Å². The van der Waals surface area contributed by atoms with E-state index in [2.05, 4.69) is 110 Å². The Morgan fingerprint density at radius 2 is 1.11 bits per heavy atom. The monoisotopic (exact) mass is 600 g/mol. The average molecular weight is 599 g/mol. The SMILES string of the molecule is CCCCc1nc(CCCC)n(C(c2ccccc2)(c2ccccc2)c2cc[c]([SnH3])cc2)c1CCCC. The Bertz CT molecular complexity index is 1190. The van der Waals surface area contributed by atoms with Crippen LogP contribution in [0, 0.1) is 0 Å². The molecular formula is C34H44N2Sn. The maximum absolute atomic E-state index is 5.47. The zero-order chi connectivity index (χ0) is 26.1. The van der Waals surface area contributed by atoms with E-state index in [1.165, 1.54) is 69.6 Å². The number of hydrogen-bond donors (Lipinski definition) is 0. The molecular weight excluding hydrogens is 555 g/mol. The van der Waals surface area contributed by atoms with Gasteiger partial charge in [0.2, 0.25) is 0 Å². The van der Waals surface area contributed by atoms with Crippen LogP contribution in [0.2, 0.25) is 0 Å². The molecule has 1 heterocycles. The molecule has 0 fully saturated rings. The van der Waals surface area contributed by atoms with Gasteiger partial charge in [-0.2, -0.15) is 0 Å². The van der Waals surface area contributed by atoms with Crippen molar-refractivity contribution in [3.63, 3.8) is 0 Å². The van der Waals surface area contributed by atoms with Crippen LogP contribution in [-0.2, 0) is 24.8 Å². The molecule has 0 aliphatic rings. The fraction of sp³-hybridized carbons (Fsp3) is 0.382. The second-order valence-corrected chi connectivity index (χ2v) is 13.7. The molecule has 37 heavy (non-hydrogen) atoms. The fourth-order valence-electron chi connectivity index (χ4n) is 5.64. The number of hydrogen-bond acceptors (Lipinski definition) is 1. The first-order valence-corrected chi connectivity index (χ1v) is 17.3. The molecule has 0 saturated heterocycles. The summed E-state index contributed by atoms with van der Waals surface area (Å²) in [5.74, 6) is 1.24. The molecule has 0 bridgehead atoms. The van der Waals surface area contributed by atoms with E-state index in [9.17, 15) is 0 Å². The molecule has 0 N–H and O–H groups in total. The number of aryl methyl sites for hydroxylation is 2. The third-order valence-electron chi connectivity index (χ3n) is 7.60. The predicted octanol–water partition coefficient (Wildman–Crippen LogP) is 6.74. The van der Waals surface area contributed by atoms with Gasteiger partial charge in [-0.25, -0.2) is 0 Å². The van der Waals surface area contributed by atoms with Gasteiger partial charge in [0.05, 0.1) is 0 Å². The molecule has 4 rings (SSSR count). The van der Waals surface area contributed by atoms with Crippen molar-refractivity contribution in [3.05, 3.63) is 119 Å². The van der Waals surface area contributed by atoms with Gasteiger partial charge in [-0.3, -0.25) is 0 Å². The molecule has 1 aromatic heterocycles. The molecule has 0 aliphatic heterocycles. The number of unbranched alkanes of at least 4 members (excludes halogenated alkanes) is 3. The first-order chi connectivity index (χ1) is 18.2. The van der Waals surface area contributed by atoms with Gasteiger partial charge in [0.1, 0.15) is 0 Å². The van der Waals surface area contributed by atoms with Crippen LogP contribution in [0.3, 0.4) is 0 Å². The average Bonchev–Trinajstić information content (AvgIpc) is 3.29. The summed E-state index contributed by atoms with van der Waals surface area (Å²) in [4.78, 5) is 5.47. The van der Waals surface area contributed by atoms with E-state index in [4.69, 9.17) is 4.98 Å². The van der Waals surface area contributed by atoms with Gasteiger partial charge in [0, 0.05) is 0 Å². The van der Waals surface area contributed by atoms with Gasteiger partial charge in [0.15, 0.2) is 0 Å². The summed E-state index contributed by atoms with van der Waals surface area (Å²) in [5, 5.41) is 0. The standard InChI is InChI=1S/C34H41N2.Sn.3H/c1-4-7-25-31-32(26-8-5-2)36(33(35-31)27-9-6-3)34(28-19-13-10-14-20-28,29-21-15-11-16-22-29)30-23-17-12-18-24-30;;;;/h10-11,13-24H,4-9,25-27H2,1-3H3;;;;. The number of aromatic nitrogens is 2. The number of imidazole rings is 1. The summed E-state index contributed by atoms with van der Waals surface area (Å²) in [7, 11) is 0. The summed E-state index contributed by atoms with van der Waals surface area (Å²) in [6.45, 7) is 6.88. The van der Waals surface area contributed by atoms with Crippen molar-refractivity contribution >= 4 is 26.1 Å². The summed E-state index contributed by atoms with van der Waals surface area (Å²) in [6, 6.07) is 31.9. The normalized spacial score (nSPS) is 11.8. The van der Waals surface area contributed by atoms with E-state index in [0.717, 1.165) is 25.7 Å². The molecule has 194 valence electrons. The quantitative estimate of drug-likeness (QED) is 0.123. The van der Waals surface area contributed by atoms with E-state index in [1.807, 2.05) is 0 Å². The summed E-state index contributed by atoms with van der Waals surface area (Å²) in [6.07, 6.45) is 10.2. The first-order valence-electron chi connectivity index (χ1n) is 14.4. The number of benzene rings is 3. The molecule has 2 nitrogen and oxygen atoms in total. The van der Waals surface area contributed by atoms with Crippen molar-refractivity contribution in [1.82, 2.24) is 9.55 Å². The van der Waals surface area contributed by atoms with Crippen LogP contribution in [0.4, 0.5) is 0 Å². The van der Waals surface area contributed by atoms with Gasteiger partial charge in [-0.1, -0.05) is 0 Å². The van der Waals surface area contributed by atoms with Crippen LogP contribution < -0.4 is 3.58 Å². The Balaban J connectivity index is 2.15. The van der Waals surface area contributed by atoms with E-state index < -0.39 is 5.54 Å². The molecule has 0 radical (unpaired) electrons. The summed E-state index contributed by atoms with van der Waals surface area (Å²) in [5.41, 5.74) is 6.24.